The summed E-state index contributed by atoms with van der Waals surface area (Å²) in [5.74, 6) is 4.94. The minimum Gasteiger partial charge on any atom is -0.444 e. The van der Waals surface area contributed by atoms with E-state index >= 15 is 0 Å². The summed E-state index contributed by atoms with van der Waals surface area (Å²) in [5, 5.41) is 11.4. The fourth-order valence-corrected chi connectivity index (χ4v) is 3.37. The summed E-state index contributed by atoms with van der Waals surface area (Å²) in [4.78, 5) is 12.9. The fourth-order valence-electron chi connectivity index (χ4n) is 3.37. The third-order valence-corrected chi connectivity index (χ3v) is 4.49. The largest absolute Gasteiger partial charge is 0.444 e. The van der Waals surface area contributed by atoms with Crippen molar-refractivity contribution in [1.29, 1.82) is 0 Å². The summed E-state index contributed by atoms with van der Waals surface area (Å²) in [6, 6.07) is 9.16. The predicted molar refractivity (Wildman–Crippen MR) is 90.5 cm³/mol. The number of aliphatic hydroxyl groups is 1. The molecule has 1 aromatic carbocycles. The van der Waals surface area contributed by atoms with Crippen molar-refractivity contribution in [2.24, 2.45) is 5.92 Å². The monoisotopic (exact) mass is 314 g/mol. The summed E-state index contributed by atoms with van der Waals surface area (Å²) < 4.78 is 5.59. The highest BCUT2D eigenvalue weighted by Crippen LogP contribution is 2.41. The van der Waals surface area contributed by atoms with Crippen LogP contribution in [0, 0.1) is 17.8 Å². The Bertz CT molecular complexity index is 588. The molecule has 1 aromatic rings. The van der Waals surface area contributed by atoms with Crippen molar-refractivity contribution in [3.05, 3.63) is 35.9 Å². The van der Waals surface area contributed by atoms with Gasteiger partial charge >= 0.3 is 5.97 Å². The van der Waals surface area contributed by atoms with Crippen LogP contribution < -0.4 is 0 Å². The van der Waals surface area contributed by atoms with E-state index in [9.17, 15) is 9.90 Å². The standard InChI is InChI=1S/C20H26O3/c1-4-15-19(2,3)23-18(21)20(22,16-11-7-5-8-12-16)17-13-9-6-10-14-17/h5,7-8,11-12,17,22H,6,9-10,13-14H2,1-3H3. The van der Waals surface area contributed by atoms with Crippen molar-refractivity contribution in [2.75, 3.05) is 0 Å². The maximum atomic E-state index is 12.9. The van der Waals surface area contributed by atoms with E-state index in [4.69, 9.17) is 4.74 Å². The van der Waals surface area contributed by atoms with Crippen LogP contribution in [0.25, 0.3) is 0 Å². The molecule has 23 heavy (non-hydrogen) atoms. The molecule has 0 aliphatic heterocycles. The van der Waals surface area contributed by atoms with Gasteiger partial charge in [0.1, 0.15) is 0 Å². The molecular weight excluding hydrogens is 288 g/mol. The van der Waals surface area contributed by atoms with Gasteiger partial charge in [0.15, 0.2) is 11.2 Å². The number of benzene rings is 1. The lowest BCUT2D eigenvalue weighted by molar-refractivity contribution is -0.184. The molecule has 0 radical (unpaired) electrons. The van der Waals surface area contributed by atoms with Gasteiger partial charge in [-0.2, -0.15) is 0 Å². The zero-order valence-corrected chi connectivity index (χ0v) is 14.3. The molecule has 0 spiro atoms. The normalized spacial score (nSPS) is 18.4. The Labute approximate surface area is 139 Å². The number of carbonyl (C=O) groups excluding carboxylic acids is 1. The van der Waals surface area contributed by atoms with Crippen LogP contribution in [-0.2, 0) is 15.1 Å². The molecule has 1 aliphatic carbocycles. The van der Waals surface area contributed by atoms with Gasteiger partial charge in [0, 0.05) is 5.92 Å². The van der Waals surface area contributed by atoms with Crippen LogP contribution in [0.5, 0.6) is 0 Å². The Kier molecular flexibility index (Phi) is 5.49. The molecule has 1 fully saturated rings. The zero-order valence-electron chi connectivity index (χ0n) is 14.3. The lowest BCUT2D eigenvalue weighted by Gasteiger charge is -2.38. The van der Waals surface area contributed by atoms with Crippen molar-refractivity contribution in [1.82, 2.24) is 0 Å². The molecule has 0 bridgehead atoms. The van der Waals surface area contributed by atoms with Gasteiger partial charge in [0.05, 0.1) is 0 Å². The predicted octanol–water partition coefficient (Wildman–Crippen LogP) is 3.80. The summed E-state index contributed by atoms with van der Waals surface area (Å²) in [6.07, 6.45) is 4.89. The van der Waals surface area contributed by atoms with Gasteiger partial charge in [0.25, 0.3) is 0 Å². The van der Waals surface area contributed by atoms with Crippen molar-refractivity contribution in [3.8, 4) is 11.8 Å². The third kappa shape index (κ3) is 3.95. The van der Waals surface area contributed by atoms with E-state index in [2.05, 4.69) is 11.8 Å². The first kappa shape index (κ1) is 17.6. The van der Waals surface area contributed by atoms with Crippen LogP contribution in [0.3, 0.4) is 0 Å². The topological polar surface area (TPSA) is 46.5 Å². The van der Waals surface area contributed by atoms with Gasteiger partial charge in [-0.1, -0.05) is 55.5 Å². The van der Waals surface area contributed by atoms with E-state index in [0.29, 0.717) is 5.56 Å². The SMILES string of the molecule is CC#CC(C)(C)OC(=O)C(O)(c1ccccc1)C1CCCCC1. The maximum Gasteiger partial charge on any atom is 0.344 e. The first-order valence-electron chi connectivity index (χ1n) is 8.35. The lowest BCUT2D eigenvalue weighted by atomic mass is 9.73. The number of rotatable bonds is 4. The summed E-state index contributed by atoms with van der Waals surface area (Å²) in [6.45, 7) is 5.20. The highest BCUT2D eigenvalue weighted by molar-refractivity contribution is 5.82. The molecule has 1 N–H and O–H groups in total. The van der Waals surface area contributed by atoms with Crippen molar-refractivity contribution < 1.29 is 14.6 Å². The number of esters is 1. The second-order valence-electron chi connectivity index (χ2n) is 6.74. The van der Waals surface area contributed by atoms with Crippen LogP contribution in [0.4, 0.5) is 0 Å². The van der Waals surface area contributed by atoms with Crippen LogP contribution in [-0.4, -0.2) is 16.7 Å². The second-order valence-corrected chi connectivity index (χ2v) is 6.74. The number of ether oxygens (including phenoxy) is 1. The quantitative estimate of drug-likeness (QED) is 0.679. The highest BCUT2D eigenvalue weighted by atomic mass is 16.6. The molecule has 1 atom stereocenters. The van der Waals surface area contributed by atoms with Crippen LogP contribution in [0.1, 0.15) is 58.4 Å². The van der Waals surface area contributed by atoms with E-state index in [1.54, 1.807) is 32.9 Å². The Morgan fingerprint density at radius 3 is 2.35 bits per heavy atom. The average molecular weight is 314 g/mol. The maximum absolute atomic E-state index is 12.9. The first-order valence-corrected chi connectivity index (χ1v) is 8.35. The molecule has 0 saturated heterocycles. The summed E-state index contributed by atoms with van der Waals surface area (Å²) in [7, 11) is 0. The van der Waals surface area contributed by atoms with Crippen LogP contribution in [0.15, 0.2) is 30.3 Å². The first-order chi connectivity index (χ1) is 10.9. The third-order valence-electron chi connectivity index (χ3n) is 4.49. The smallest absolute Gasteiger partial charge is 0.344 e. The Morgan fingerprint density at radius 2 is 1.78 bits per heavy atom. The van der Waals surface area contributed by atoms with Gasteiger partial charge in [-0.15, -0.1) is 5.92 Å². The summed E-state index contributed by atoms with van der Waals surface area (Å²) in [5.41, 5.74) is -1.91. The van der Waals surface area contributed by atoms with Gasteiger partial charge in [-0.3, -0.25) is 0 Å². The van der Waals surface area contributed by atoms with Gasteiger partial charge in [-0.25, -0.2) is 4.79 Å². The number of hydrogen-bond acceptors (Lipinski definition) is 3. The fraction of sp³-hybridized carbons (Fsp3) is 0.550. The zero-order chi connectivity index (χ0) is 16.9. The molecule has 1 saturated carbocycles. The molecule has 1 unspecified atom stereocenters. The molecule has 124 valence electrons. The van der Waals surface area contributed by atoms with Gasteiger partial charge in [0.2, 0.25) is 0 Å². The van der Waals surface area contributed by atoms with E-state index in [-0.39, 0.29) is 5.92 Å². The van der Waals surface area contributed by atoms with Crippen molar-refractivity contribution in [3.63, 3.8) is 0 Å². The average Bonchev–Trinajstić information content (AvgIpc) is 2.55. The Morgan fingerprint density at radius 1 is 1.17 bits per heavy atom. The highest BCUT2D eigenvalue weighted by Gasteiger charge is 2.48. The molecule has 0 heterocycles. The minimum absolute atomic E-state index is 0.114. The molecule has 3 heteroatoms. The van der Waals surface area contributed by atoms with Crippen molar-refractivity contribution >= 4 is 5.97 Å². The molecule has 2 rings (SSSR count). The number of carbonyl (C=O) groups is 1. The van der Waals surface area contributed by atoms with E-state index < -0.39 is 17.2 Å². The molecule has 0 amide bonds. The summed E-state index contributed by atoms with van der Waals surface area (Å²) >= 11 is 0. The minimum atomic E-state index is -1.60. The van der Waals surface area contributed by atoms with E-state index in [1.807, 2.05) is 18.2 Å². The van der Waals surface area contributed by atoms with E-state index in [0.717, 1.165) is 32.1 Å². The lowest BCUT2D eigenvalue weighted by Crippen LogP contribution is -2.47. The Hall–Kier alpha value is -1.79. The Balaban J connectivity index is 2.36. The molecule has 3 nitrogen and oxygen atoms in total. The number of hydrogen-bond donors (Lipinski definition) is 1. The van der Waals surface area contributed by atoms with Gasteiger partial charge < -0.3 is 9.84 Å². The van der Waals surface area contributed by atoms with Crippen LogP contribution in [0.2, 0.25) is 0 Å². The van der Waals surface area contributed by atoms with Crippen molar-refractivity contribution in [2.45, 2.75) is 64.1 Å². The molecular formula is C20H26O3. The van der Waals surface area contributed by atoms with Crippen LogP contribution >= 0.6 is 0 Å². The van der Waals surface area contributed by atoms with Gasteiger partial charge in [-0.05, 0) is 39.2 Å². The molecule has 1 aliphatic rings. The molecule has 0 aromatic heterocycles. The second kappa shape index (κ2) is 7.19. The van der Waals surface area contributed by atoms with E-state index in [1.165, 1.54) is 0 Å².